The number of carbonyl (C=O) groups is 6. The Labute approximate surface area is 773 Å². The molecule has 8 aliphatic heterocycles. The summed E-state index contributed by atoms with van der Waals surface area (Å²) in [5, 5.41) is 7.14. The molecule has 0 aliphatic carbocycles. The Morgan fingerprint density at radius 1 is 0.297 bits per heavy atom. The van der Waals surface area contributed by atoms with Gasteiger partial charge in [-0.1, -0.05) is 223 Å². The van der Waals surface area contributed by atoms with Gasteiger partial charge >= 0.3 is 18.3 Å². The number of benzene rings is 6. The Hall–Kier alpha value is -8.86. The molecule has 6 aromatic rings. The Morgan fingerprint density at radius 3 is 1.07 bits per heavy atom. The third-order valence-corrected chi connectivity index (χ3v) is 26.9. The van der Waals surface area contributed by atoms with Crippen molar-refractivity contribution in [2.45, 2.75) is 384 Å². The van der Waals surface area contributed by atoms with Crippen LogP contribution in [0.15, 0.2) is 109 Å². The second-order valence-corrected chi connectivity index (χ2v) is 47.5. The number of rotatable bonds is 0. The summed E-state index contributed by atoms with van der Waals surface area (Å²) in [5.41, 5.74) is 23.5. The predicted molar refractivity (Wildman–Crippen MR) is 531 cm³/mol. The molecule has 8 heterocycles. The molecule has 17 heteroatoms. The number of carbonyl (C=O) groups excluding carboxylic acids is 6. The maximum Gasteiger partial charge on any atom is 0.410 e. The first-order valence-electron chi connectivity index (χ1n) is 48.0. The van der Waals surface area contributed by atoms with Crippen LogP contribution in [0.25, 0.3) is 0 Å². The molecule has 2 N–H and O–H groups in total. The molecule has 0 bridgehead atoms. The Balaban J connectivity index is 0.000000176. The zero-order valence-electron chi connectivity index (χ0n) is 85.4. The molecule has 0 aromatic heterocycles. The second-order valence-electron chi connectivity index (χ2n) is 47.5. The smallest absolute Gasteiger partial charge is 0.410 e. The van der Waals surface area contributed by atoms with Crippen molar-refractivity contribution in [3.63, 3.8) is 0 Å². The average Bonchev–Trinajstić information content (AvgIpc) is 0.815. The Kier molecular flexibility index (Phi) is 32.2. The number of amides is 6. The minimum atomic E-state index is -0.477. The summed E-state index contributed by atoms with van der Waals surface area (Å²) in [6.07, 6.45) is 13.2. The van der Waals surface area contributed by atoms with Crippen molar-refractivity contribution < 1.29 is 43.0 Å². The quantitative estimate of drug-likeness (QED) is 0.139. The molecule has 0 radical (unpaired) electrons. The minimum Gasteiger partial charge on any atom is -0.444 e. The highest BCUT2D eigenvalue weighted by molar-refractivity contribution is 5.94. The van der Waals surface area contributed by atoms with Crippen molar-refractivity contribution in [2.75, 3.05) is 85.9 Å². The van der Waals surface area contributed by atoms with E-state index in [1.165, 1.54) is 109 Å². The fourth-order valence-electron chi connectivity index (χ4n) is 18.6. The van der Waals surface area contributed by atoms with Gasteiger partial charge in [-0.15, -0.1) is 0 Å². The van der Waals surface area contributed by atoms with Gasteiger partial charge < -0.3 is 54.2 Å². The van der Waals surface area contributed by atoms with E-state index in [2.05, 4.69) is 258 Å². The van der Waals surface area contributed by atoms with E-state index in [0.717, 1.165) is 134 Å². The third kappa shape index (κ3) is 27.4. The van der Waals surface area contributed by atoms with Crippen LogP contribution in [-0.2, 0) is 110 Å². The largest absolute Gasteiger partial charge is 0.444 e. The summed E-state index contributed by atoms with van der Waals surface area (Å²) in [7, 11) is 0. The van der Waals surface area contributed by atoms with Gasteiger partial charge in [0.2, 0.25) is 17.7 Å². The summed E-state index contributed by atoms with van der Waals surface area (Å²) >= 11 is 0. The number of aryl methyl sites for hydroxylation is 1. The summed E-state index contributed by atoms with van der Waals surface area (Å²) in [4.78, 5) is 84.1. The highest BCUT2D eigenvalue weighted by Gasteiger charge is 2.46. The van der Waals surface area contributed by atoms with E-state index in [0.29, 0.717) is 19.6 Å². The molecule has 8 aliphatic rings. The van der Waals surface area contributed by atoms with Gasteiger partial charge in [-0.25, -0.2) is 14.4 Å². The fourth-order valence-corrected chi connectivity index (χ4v) is 18.6. The van der Waals surface area contributed by atoms with Crippen LogP contribution < -0.4 is 20.4 Å². The SMILES string of the molecule is CC(=O)N1CCC2(CCN(C(=O)OC(C)(C)C)CC2)c2ccc(C(C)(C)C)cc21.CC(=O)N1CCCC(C)(C)c2ccc(C(C)(C)C)cc21.CC(=O)N1CCc2ccc(C(C)(C)C)cc2C1.CC(C)(C)OC(=O)N1CCC2(CCNc3cc(C(C)(C)C)ccc32)CC1.CC(C)(C)OC(=O)N1CCc2ccc(C(C)(C)C)cc2C1.CC(C)(C)c1ccc2c(c1)NCCCC2. The molecule has 6 aromatic carbocycles. The first kappa shape index (κ1) is 103. The minimum absolute atomic E-state index is 0.0240. The lowest BCUT2D eigenvalue weighted by atomic mass is 9.67. The molecule has 128 heavy (non-hydrogen) atoms. The van der Waals surface area contributed by atoms with Gasteiger partial charge in [0, 0.05) is 133 Å². The summed E-state index contributed by atoms with van der Waals surface area (Å²) in [6, 6.07) is 40.6. The van der Waals surface area contributed by atoms with E-state index >= 15 is 0 Å². The lowest BCUT2D eigenvalue weighted by Gasteiger charge is -2.48. The molecule has 6 amide bonds. The van der Waals surface area contributed by atoms with E-state index in [-0.39, 0.29) is 84.7 Å². The maximum absolute atomic E-state index is 12.5. The molecule has 14 rings (SSSR count). The monoisotopic (exact) mass is 1760 g/mol. The number of piperidine rings is 2. The fraction of sp³-hybridized carbons (Fsp3) is 0.622. The second kappa shape index (κ2) is 40.1. The van der Waals surface area contributed by atoms with Crippen LogP contribution in [0.5, 0.6) is 0 Å². The molecule has 2 spiro atoms. The van der Waals surface area contributed by atoms with Gasteiger partial charge in [-0.3, -0.25) is 14.4 Å². The standard InChI is InChI=1S/C24H36N2O3.C22H34N2O2.C18H27NO2.C18H27NO.C15H21NO.C14H21N/c1-17(27)26-15-12-24(19-9-8-18(16-20(19)26)22(2,3)4)10-13-25(14-11-24)21(28)29-23(5,6)7;1-20(2,3)16-7-8-17-18(15-16)23-12-9-22(17)10-13-24(14-11-22)19(25)26-21(4,5)6;1-17(2,3)15-8-7-13-9-10-19(12-14(13)11-15)16(20)21-18(4,5)6;1-13(20)19-11-7-10-18(5,6)15-9-8-14(12-16(15)19)17(2,3)4;1-11(17)16-8-7-12-5-6-14(15(2,3)4)9-13(12)10-16;1-14(2,3)12-8-7-11-6-4-5-9-15-13(11)10-12/h8-9,16H,10-15H2,1-7H3;7-8,15,23H,9-14H2,1-6H3;7-8,11H,9-10,12H2,1-6H3;8-9,12H,7,10-11H2,1-6H3;5-6,9H,7-8,10H2,1-4H3;7-8,10,15H,4-6,9H2,1-3H3. The van der Waals surface area contributed by atoms with Gasteiger partial charge in [0.1, 0.15) is 16.8 Å². The number of nitrogens with zero attached hydrogens (tertiary/aromatic N) is 6. The Morgan fingerprint density at radius 2 is 0.641 bits per heavy atom. The van der Waals surface area contributed by atoms with E-state index in [9.17, 15) is 28.8 Å². The van der Waals surface area contributed by atoms with E-state index in [4.69, 9.17) is 14.2 Å². The van der Waals surface area contributed by atoms with E-state index in [1.54, 1.807) is 25.7 Å². The molecule has 0 atom stereocenters. The number of hydrogen-bond donors (Lipinski definition) is 2. The van der Waals surface area contributed by atoms with Crippen LogP contribution in [0.2, 0.25) is 0 Å². The number of ether oxygens (including phenoxy) is 3. The van der Waals surface area contributed by atoms with Gasteiger partial charge in [0.15, 0.2) is 0 Å². The highest BCUT2D eigenvalue weighted by Crippen LogP contribution is 2.50. The van der Waals surface area contributed by atoms with Gasteiger partial charge in [0.05, 0.1) is 0 Å². The molecule has 0 saturated carbocycles. The summed E-state index contributed by atoms with van der Waals surface area (Å²) in [6.45, 7) is 76.5. The van der Waals surface area contributed by atoms with Gasteiger partial charge in [-0.2, -0.15) is 0 Å². The van der Waals surface area contributed by atoms with Crippen LogP contribution in [-0.4, -0.2) is 138 Å². The van der Waals surface area contributed by atoms with Crippen molar-refractivity contribution in [2.24, 2.45) is 0 Å². The van der Waals surface area contributed by atoms with E-state index in [1.807, 2.05) is 86.8 Å². The number of likely N-dealkylation sites (tertiary alicyclic amines) is 2. The van der Waals surface area contributed by atoms with Crippen LogP contribution in [0.3, 0.4) is 0 Å². The van der Waals surface area contributed by atoms with Crippen molar-refractivity contribution in [1.82, 2.24) is 19.6 Å². The summed E-state index contributed by atoms with van der Waals surface area (Å²) in [5.74, 6) is 0.421. The molecular formula is C111H166N8O9. The van der Waals surface area contributed by atoms with Crippen molar-refractivity contribution in [3.05, 3.63) is 187 Å². The molecule has 2 saturated heterocycles. The molecule has 17 nitrogen and oxygen atoms in total. The average molecular weight is 1760 g/mol. The normalized spacial score (nSPS) is 17.8. The summed E-state index contributed by atoms with van der Waals surface area (Å²) < 4.78 is 16.6. The topological polar surface area (TPSA) is 174 Å². The molecular weight excluding hydrogens is 1590 g/mol. The van der Waals surface area contributed by atoms with Crippen molar-refractivity contribution >= 4 is 58.8 Å². The lowest BCUT2D eigenvalue weighted by Crippen LogP contribution is -2.50. The maximum atomic E-state index is 12.5. The zero-order valence-corrected chi connectivity index (χ0v) is 85.4. The highest BCUT2D eigenvalue weighted by atomic mass is 16.6. The van der Waals surface area contributed by atoms with Gasteiger partial charge in [-0.05, 0) is 286 Å². The number of hydrogen-bond acceptors (Lipinski definition) is 11. The lowest BCUT2D eigenvalue weighted by molar-refractivity contribution is -0.129. The third-order valence-electron chi connectivity index (χ3n) is 26.9. The van der Waals surface area contributed by atoms with Crippen molar-refractivity contribution in [3.8, 4) is 0 Å². The van der Waals surface area contributed by atoms with Gasteiger partial charge in [0.25, 0.3) is 0 Å². The van der Waals surface area contributed by atoms with Crippen LogP contribution in [0, 0.1) is 0 Å². The number of fused-ring (bicyclic) bond motifs is 8. The van der Waals surface area contributed by atoms with Crippen LogP contribution in [0.1, 0.15) is 364 Å². The molecule has 704 valence electrons. The molecule has 0 unspecified atom stereocenters. The number of anilines is 4. The first-order chi connectivity index (χ1) is 59.0. The zero-order chi connectivity index (χ0) is 95.3. The number of nitrogens with one attached hydrogen (secondary N) is 2. The van der Waals surface area contributed by atoms with Crippen molar-refractivity contribution in [1.29, 1.82) is 0 Å². The van der Waals surface area contributed by atoms with Crippen LogP contribution in [0.4, 0.5) is 37.1 Å². The molecule has 2 fully saturated rings. The van der Waals surface area contributed by atoms with Crippen LogP contribution >= 0.6 is 0 Å². The van der Waals surface area contributed by atoms with E-state index < -0.39 is 16.8 Å². The predicted octanol–water partition coefficient (Wildman–Crippen LogP) is 25.4. The Bertz CT molecular complexity index is 4870. The first-order valence-corrected chi connectivity index (χ1v) is 48.0.